The van der Waals surface area contributed by atoms with Crippen LogP contribution in [-0.4, -0.2) is 63.6 Å². The third-order valence-electron chi connectivity index (χ3n) is 6.16. The summed E-state index contributed by atoms with van der Waals surface area (Å²) in [5.41, 5.74) is 1.34. The molecule has 3 aliphatic rings. The highest BCUT2D eigenvalue weighted by molar-refractivity contribution is 5.99. The Hall–Kier alpha value is -3.00. The Morgan fingerprint density at radius 1 is 1.20 bits per heavy atom. The monoisotopic (exact) mass is 408 g/mol. The predicted molar refractivity (Wildman–Crippen MR) is 107 cm³/mol. The summed E-state index contributed by atoms with van der Waals surface area (Å²) in [4.78, 5) is 39.9. The minimum absolute atomic E-state index is 0.0449. The van der Waals surface area contributed by atoms with Crippen LogP contribution in [0.2, 0.25) is 0 Å². The van der Waals surface area contributed by atoms with E-state index in [-0.39, 0.29) is 30.3 Å². The molecule has 30 heavy (non-hydrogen) atoms. The summed E-state index contributed by atoms with van der Waals surface area (Å²) in [7, 11) is 0. The van der Waals surface area contributed by atoms with Gasteiger partial charge in [0.05, 0.1) is 11.8 Å². The molecule has 3 unspecified atom stereocenters. The van der Waals surface area contributed by atoms with Crippen LogP contribution in [0.25, 0.3) is 5.69 Å². The van der Waals surface area contributed by atoms with Crippen molar-refractivity contribution in [1.82, 2.24) is 20.0 Å². The first kappa shape index (κ1) is 19.0. The highest BCUT2D eigenvalue weighted by Gasteiger charge is 2.48. The molecular formula is C22H24N4O4. The van der Waals surface area contributed by atoms with Crippen molar-refractivity contribution >= 4 is 17.6 Å². The van der Waals surface area contributed by atoms with Crippen LogP contribution in [0.5, 0.6) is 0 Å². The van der Waals surface area contributed by atoms with Gasteiger partial charge in [0.2, 0.25) is 5.91 Å². The van der Waals surface area contributed by atoms with E-state index < -0.39 is 12.1 Å². The molecule has 156 valence electrons. The molecule has 8 nitrogen and oxygen atoms in total. The molecular weight excluding hydrogens is 384 g/mol. The van der Waals surface area contributed by atoms with Crippen LogP contribution >= 0.6 is 0 Å². The van der Waals surface area contributed by atoms with Crippen molar-refractivity contribution in [3.63, 3.8) is 0 Å². The highest BCUT2D eigenvalue weighted by Crippen LogP contribution is 2.35. The molecule has 3 heterocycles. The van der Waals surface area contributed by atoms with E-state index in [0.29, 0.717) is 30.9 Å². The lowest BCUT2D eigenvalue weighted by atomic mass is 10.1. The molecule has 3 atom stereocenters. The molecule has 0 spiro atoms. The topological polar surface area (TPSA) is 93.5 Å². The molecule has 0 bridgehead atoms. The first-order chi connectivity index (χ1) is 14.6. The minimum Gasteiger partial charge on any atom is -0.368 e. The SMILES string of the molecule is O=C(NC(CC1CC1)C(=O)N1CCC2OCC(=O)C21)c1ccc(-n2cccn2)cc1. The summed E-state index contributed by atoms with van der Waals surface area (Å²) >= 11 is 0. The maximum atomic E-state index is 13.3. The quantitative estimate of drug-likeness (QED) is 0.779. The number of amides is 2. The fourth-order valence-electron chi connectivity index (χ4n) is 4.38. The predicted octanol–water partition coefficient (Wildman–Crippen LogP) is 1.34. The third-order valence-corrected chi connectivity index (χ3v) is 6.16. The number of rotatable bonds is 6. The molecule has 1 aromatic heterocycles. The zero-order valence-corrected chi connectivity index (χ0v) is 16.6. The molecule has 2 aromatic rings. The molecule has 0 radical (unpaired) electrons. The number of likely N-dealkylation sites (tertiary alicyclic amines) is 1. The molecule has 1 N–H and O–H groups in total. The molecule has 1 aromatic carbocycles. The van der Waals surface area contributed by atoms with Crippen LogP contribution in [0.1, 0.15) is 36.0 Å². The van der Waals surface area contributed by atoms with Crippen LogP contribution in [0, 0.1) is 5.92 Å². The van der Waals surface area contributed by atoms with Gasteiger partial charge in [-0.3, -0.25) is 14.4 Å². The second kappa shape index (κ2) is 7.68. The molecule has 3 fully saturated rings. The molecule has 5 rings (SSSR count). The summed E-state index contributed by atoms with van der Waals surface area (Å²) in [6, 6.07) is 7.81. The fourth-order valence-corrected chi connectivity index (χ4v) is 4.38. The average Bonchev–Trinajstić information content (AvgIpc) is 3.13. The van der Waals surface area contributed by atoms with E-state index in [4.69, 9.17) is 4.74 Å². The zero-order valence-electron chi connectivity index (χ0n) is 16.6. The Labute approximate surface area is 174 Å². The van der Waals surface area contributed by atoms with Crippen LogP contribution in [0.15, 0.2) is 42.7 Å². The molecule has 1 saturated carbocycles. The average molecular weight is 408 g/mol. The van der Waals surface area contributed by atoms with Crippen molar-refractivity contribution < 1.29 is 19.1 Å². The second-order valence-electron chi connectivity index (χ2n) is 8.28. The number of fused-ring (bicyclic) bond motifs is 1. The number of carbonyl (C=O) groups excluding carboxylic acids is 3. The fraction of sp³-hybridized carbons (Fsp3) is 0.455. The molecule has 8 heteroatoms. The van der Waals surface area contributed by atoms with Gasteiger partial charge < -0.3 is 15.0 Å². The van der Waals surface area contributed by atoms with Gasteiger partial charge in [0, 0.05) is 24.5 Å². The van der Waals surface area contributed by atoms with Gasteiger partial charge >= 0.3 is 0 Å². The van der Waals surface area contributed by atoms with Crippen molar-refractivity contribution in [3.8, 4) is 5.69 Å². The normalized spacial score (nSPS) is 24.0. The number of benzene rings is 1. The summed E-state index contributed by atoms with van der Waals surface area (Å²) in [6.45, 7) is 0.566. The lowest BCUT2D eigenvalue weighted by molar-refractivity contribution is -0.138. The van der Waals surface area contributed by atoms with Gasteiger partial charge in [-0.05, 0) is 49.1 Å². The van der Waals surface area contributed by atoms with E-state index in [1.54, 1.807) is 27.9 Å². The largest absolute Gasteiger partial charge is 0.368 e. The van der Waals surface area contributed by atoms with Gasteiger partial charge in [0.15, 0.2) is 5.78 Å². The zero-order chi connectivity index (χ0) is 20.7. The number of ether oxygens (including phenoxy) is 1. The number of ketones is 1. The van der Waals surface area contributed by atoms with E-state index in [9.17, 15) is 14.4 Å². The Bertz CT molecular complexity index is 952. The van der Waals surface area contributed by atoms with Crippen molar-refractivity contribution in [2.24, 2.45) is 5.92 Å². The Morgan fingerprint density at radius 2 is 2.00 bits per heavy atom. The number of nitrogens with zero attached hydrogens (tertiary/aromatic N) is 3. The lowest BCUT2D eigenvalue weighted by Gasteiger charge is -2.27. The Morgan fingerprint density at radius 3 is 2.70 bits per heavy atom. The molecule has 2 amide bonds. The Balaban J connectivity index is 1.30. The Kier molecular flexibility index (Phi) is 4.86. The van der Waals surface area contributed by atoms with Gasteiger partial charge in [0.1, 0.15) is 18.7 Å². The molecule has 2 saturated heterocycles. The maximum Gasteiger partial charge on any atom is 0.251 e. The molecule has 1 aliphatic carbocycles. The number of nitrogens with one attached hydrogen (secondary N) is 1. The first-order valence-electron chi connectivity index (χ1n) is 10.5. The van der Waals surface area contributed by atoms with Crippen molar-refractivity contribution in [2.45, 2.75) is 43.9 Å². The number of hydrogen-bond donors (Lipinski definition) is 1. The van der Waals surface area contributed by atoms with Crippen LogP contribution in [0.4, 0.5) is 0 Å². The second-order valence-corrected chi connectivity index (χ2v) is 8.28. The van der Waals surface area contributed by atoms with E-state index in [1.165, 1.54) is 0 Å². The summed E-state index contributed by atoms with van der Waals surface area (Å²) < 4.78 is 7.21. The van der Waals surface area contributed by atoms with E-state index in [2.05, 4.69) is 10.4 Å². The number of Topliss-reactive ketones (excluding diaryl/α,β-unsaturated/α-hetero) is 1. The van der Waals surface area contributed by atoms with Crippen LogP contribution in [-0.2, 0) is 14.3 Å². The summed E-state index contributed by atoms with van der Waals surface area (Å²) in [5, 5.41) is 7.10. The van der Waals surface area contributed by atoms with Gasteiger partial charge in [-0.2, -0.15) is 5.10 Å². The highest BCUT2D eigenvalue weighted by atomic mass is 16.5. The summed E-state index contributed by atoms with van der Waals surface area (Å²) in [6.07, 6.45) is 6.75. The van der Waals surface area contributed by atoms with E-state index in [1.807, 2.05) is 24.4 Å². The van der Waals surface area contributed by atoms with Crippen molar-refractivity contribution in [2.75, 3.05) is 13.2 Å². The van der Waals surface area contributed by atoms with E-state index in [0.717, 1.165) is 18.5 Å². The van der Waals surface area contributed by atoms with Gasteiger partial charge in [-0.25, -0.2) is 4.68 Å². The molecule has 2 aliphatic heterocycles. The van der Waals surface area contributed by atoms with Crippen LogP contribution in [0.3, 0.4) is 0 Å². The standard InChI is InChI=1S/C22H24N4O4/c27-18-13-30-19-8-11-25(20(18)19)22(29)17(12-14-2-3-14)24-21(28)15-4-6-16(7-5-15)26-10-1-9-23-26/h1,4-7,9-10,14,17,19-20H,2-3,8,11-13H2,(H,24,28). The van der Waals surface area contributed by atoms with E-state index >= 15 is 0 Å². The third kappa shape index (κ3) is 3.63. The lowest BCUT2D eigenvalue weighted by Crippen LogP contribution is -2.52. The maximum absolute atomic E-state index is 13.3. The first-order valence-corrected chi connectivity index (χ1v) is 10.5. The van der Waals surface area contributed by atoms with Crippen LogP contribution < -0.4 is 5.32 Å². The minimum atomic E-state index is -0.622. The summed E-state index contributed by atoms with van der Waals surface area (Å²) in [5.74, 6) is -0.0487. The van der Waals surface area contributed by atoms with Crippen molar-refractivity contribution in [3.05, 3.63) is 48.3 Å². The number of carbonyl (C=O) groups is 3. The van der Waals surface area contributed by atoms with Gasteiger partial charge in [-0.1, -0.05) is 12.8 Å². The van der Waals surface area contributed by atoms with Gasteiger partial charge in [0.25, 0.3) is 5.91 Å². The smallest absolute Gasteiger partial charge is 0.251 e. The number of hydrogen-bond acceptors (Lipinski definition) is 5. The van der Waals surface area contributed by atoms with Gasteiger partial charge in [-0.15, -0.1) is 0 Å². The number of aromatic nitrogens is 2. The van der Waals surface area contributed by atoms with Crippen molar-refractivity contribution in [1.29, 1.82) is 0 Å².